The van der Waals surface area contributed by atoms with Crippen LogP contribution in [0.4, 0.5) is 0 Å². The van der Waals surface area contributed by atoms with Crippen LogP contribution in [0.1, 0.15) is 31.8 Å². The molecule has 11 heavy (non-hydrogen) atoms. The molecule has 0 aliphatic rings. The van der Waals surface area contributed by atoms with Crippen LogP contribution in [0.25, 0.3) is 0 Å². The van der Waals surface area contributed by atoms with Crippen LogP contribution >= 0.6 is 11.3 Å². The lowest BCUT2D eigenvalue weighted by atomic mass is 9.88. The summed E-state index contributed by atoms with van der Waals surface area (Å²) in [5.74, 6) is 0. The smallest absolute Gasteiger partial charge is 0.110 e. The fourth-order valence-electron chi connectivity index (χ4n) is 0.758. The Morgan fingerprint density at radius 2 is 2.18 bits per heavy atom. The highest BCUT2D eigenvalue weighted by Gasteiger charge is 2.23. The zero-order valence-corrected chi connectivity index (χ0v) is 7.98. The van der Waals surface area contributed by atoms with Crippen LogP contribution < -0.4 is 5.73 Å². The van der Waals surface area contributed by atoms with Gasteiger partial charge in [-0.15, -0.1) is 11.3 Å². The molecule has 1 heterocycles. The van der Waals surface area contributed by atoms with E-state index in [9.17, 15) is 0 Å². The first-order chi connectivity index (χ1) is 5.02. The fourth-order valence-corrected chi connectivity index (χ4v) is 1.64. The lowest BCUT2D eigenvalue weighted by Gasteiger charge is -2.24. The molecule has 0 amide bonds. The van der Waals surface area contributed by atoms with Gasteiger partial charge in [0.15, 0.2) is 0 Å². The predicted octanol–water partition coefficient (Wildman–Crippen LogP) is 2.19. The van der Waals surface area contributed by atoms with E-state index < -0.39 is 0 Å². The van der Waals surface area contributed by atoms with Crippen LogP contribution in [-0.2, 0) is 0 Å². The van der Waals surface area contributed by atoms with Gasteiger partial charge in [0.05, 0.1) is 6.04 Å². The normalized spacial score (nSPS) is 14.9. The van der Waals surface area contributed by atoms with Crippen molar-refractivity contribution >= 4 is 11.3 Å². The van der Waals surface area contributed by atoms with E-state index in [1.165, 1.54) is 0 Å². The Morgan fingerprint density at radius 3 is 2.55 bits per heavy atom. The summed E-state index contributed by atoms with van der Waals surface area (Å²) < 4.78 is 0. The van der Waals surface area contributed by atoms with E-state index in [0.717, 1.165) is 5.01 Å². The average molecular weight is 170 g/mol. The Kier molecular flexibility index (Phi) is 2.30. The van der Waals surface area contributed by atoms with Gasteiger partial charge in [-0.1, -0.05) is 20.8 Å². The van der Waals surface area contributed by atoms with Crippen molar-refractivity contribution in [3.8, 4) is 0 Å². The number of aromatic nitrogens is 1. The molecular weight excluding hydrogens is 156 g/mol. The summed E-state index contributed by atoms with van der Waals surface area (Å²) in [6.07, 6.45) is 1.80. The molecule has 0 fully saturated rings. The Balaban J connectivity index is 2.78. The van der Waals surface area contributed by atoms with Crippen molar-refractivity contribution in [2.75, 3.05) is 0 Å². The summed E-state index contributed by atoms with van der Waals surface area (Å²) in [6, 6.07) is 0.0579. The Hall–Kier alpha value is -0.410. The zero-order valence-electron chi connectivity index (χ0n) is 7.16. The third kappa shape index (κ3) is 2.01. The average Bonchev–Trinajstić information content (AvgIpc) is 2.34. The summed E-state index contributed by atoms with van der Waals surface area (Å²) >= 11 is 1.62. The molecule has 2 nitrogen and oxygen atoms in total. The summed E-state index contributed by atoms with van der Waals surface area (Å²) in [6.45, 7) is 6.37. The summed E-state index contributed by atoms with van der Waals surface area (Å²) in [4.78, 5) is 4.18. The first kappa shape index (κ1) is 8.68. The van der Waals surface area contributed by atoms with E-state index in [2.05, 4.69) is 25.8 Å². The quantitative estimate of drug-likeness (QED) is 0.701. The van der Waals surface area contributed by atoms with Crippen LogP contribution in [0.3, 0.4) is 0 Å². The van der Waals surface area contributed by atoms with Gasteiger partial charge >= 0.3 is 0 Å². The van der Waals surface area contributed by atoms with E-state index in [4.69, 9.17) is 5.73 Å². The van der Waals surface area contributed by atoms with E-state index in [0.29, 0.717) is 0 Å². The molecule has 2 N–H and O–H groups in total. The molecule has 0 saturated carbocycles. The van der Waals surface area contributed by atoms with Crippen molar-refractivity contribution in [3.63, 3.8) is 0 Å². The molecule has 62 valence electrons. The summed E-state index contributed by atoms with van der Waals surface area (Å²) in [5, 5.41) is 2.98. The fraction of sp³-hybridized carbons (Fsp3) is 0.625. The molecule has 0 unspecified atom stereocenters. The van der Waals surface area contributed by atoms with Crippen LogP contribution in [-0.4, -0.2) is 4.98 Å². The Morgan fingerprint density at radius 1 is 1.55 bits per heavy atom. The van der Waals surface area contributed by atoms with E-state index in [1.54, 1.807) is 17.5 Å². The topological polar surface area (TPSA) is 38.9 Å². The minimum Gasteiger partial charge on any atom is -0.322 e. The van der Waals surface area contributed by atoms with E-state index in [-0.39, 0.29) is 11.5 Å². The van der Waals surface area contributed by atoms with Gasteiger partial charge in [-0.05, 0) is 5.41 Å². The van der Waals surface area contributed by atoms with Crippen LogP contribution in [0.15, 0.2) is 11.6 Å². The number of nitrogens with two attached hydrogens (primary N) is 1. The molecule has 0 spiro atoms. The lowest BCUT2D eigenvalue weighted by Crippen LogP contribution is -2.25. The standard InChI is InChI=1S/C8H14N2S/c1-8(2,3)6(9)7-10-4-5-11-7/h4-6H,9H2,1-3H3/t6-/m0/s1. The maximum absolute atomic E-state index is 5.96. The summed E-state index contributed by atoms with van der Waals surface area (Å²) in [5.41, 5.74) is 6.07. The first-order valence-corrected chi connectivity index (χ1v) is 4.55. The van der Waals surface area contributed by atoms with Crippen molar-refractivity contribution in [1.29, 1.82) is 0 Å². The monoisotopic (exact) mass is 170 g/mol. The molecule has 1 atom stereocenters. The van der Waals surface area contributed by atoms with Crippen molar-refractivity contribution in [2.24, 2.45) is 11.1 Å². The molecule has 0 aliphatic carbocycles. The van der Waals surface area contributed by atoms with Gasteiger partial charge in [-0.3, -0.25) is 0 Å². The number of nitrogens with zero attached hydrogens (tertiary/aromatic N) is 1. The second-order valence-corrected chi connectivity index (χ2v) is 4.64. The highest BCUT2D eigenvalue weighted by molar-refractivity contribution is 7.09. The number of hydrogen-bond acceptors (Lipinski definition) is 3. The molecule has 0 bridgehead atoms. The molecular formula is C8H14N2S. The van der Waals surface area contributed by atoms with Gasteiger partial charge in [-0.25, -0.2) is 4.98 Å². The number of thiazole rings is 1. The minimum atomic E-state index is 0.0579. The third-order valence-corrected chi connectivity index (χ3v) is 2.51. The molecule has 0 aromatic carbocycles. The predicted molar refractivity (Wildman–Crippen MR) is 48.5 cm³/mol. The van der Waals surface area contributed by atoms with Crippen molar-refractivity contribution in [1.82, 2.24) is 4.98 Å². The highest BCUT2D eigenvalue weighted by atomic mass is 32.1. The SMILES string of the molecule is CC(C)(C)[C@@H](N)c1nccs1. The van der Waals surface area contributed by atoms with Gasteiger partial charge in [0.2, 0.25) is 0 Å². The van der Waals surface area contributed by atoms with Gasteiger partial charge in [0, 0.05) is 11.6 Å². The largest absolute Gasteiger partial charge is 0.322 e. The highest BCUT2D eigenvalue weighted by Crippen LogP contribution is 2.30. The molecule has 0 aliphatic heterocycles. The first-order valence-electron chi connectivity index (χ1n) is 3.67. The van der Waals surface area contributed by atoms with Crippen molar-refractivity contribution in [2.45, 2.75) is 26.8 Å². The minimum absolute atomic E-state index is 0.0579. The number of rotatable bonds is 1. The summed E-state index contributed by atoms with van der Waals surface area (Å²) in [7, 11) is 0. The van der Waals surface area contributed by atoms with Crippen molar-refractivity contribution in [3.05, 3.63) is 16.6 Å². The van der Waals surface area contributed by atoms with Crippen LogP contribution in [0, 0.1) is 5.41 Å². The lowest BCUT2D eigenvalue weighted by molar-refractivity contribution is 0.326. The Bertz CT molecular complexity index is 210. The molecule has 0 saturated heterocycles. The maximum Gasteiger partial charge on any atom is 0.110 e. The second kappa shape index (κ2) is 2.91. The van der Waals surface area contributed by atoms with E-state index in [1.807, 2.05) is 5.38 Å². The van der Waals surface area contributed by atoms with Gasteiger partial charge in [0.1, 0.15) is 5.01 Å². The maximum atomic E-state index is 5.96. The van der Waals surface area contributed by atoms with E-state index >= 15 is 0 Å². The van der Waals surface area contributed by atoms with Crippen LogP contribution in [0.5, 0.6) is 0 Å². The molecule has 3 heteroatoms. The van der Waals surface area contributed by atoms with Crippen molar-refractivity contribution < 1.29 is 0 Å². The zero-order chi connectivity index (χ0) is 8.48. The third-order valence-electron chi connectivity index (χ3n) is 1.65. The number of hydrogen-bond donors (Lipinski definition) is 1. The molecule has 0 radical (unpaired) electrons. The molecule has 1 rings (SSSR count). The van der Waals surface area contributed by atoms with Gasteiger partial charge in [-0.2, -0.15) is 0 Å². The van der Waals surface area contributed by atoms with Gasteiger partial charge < -0.3 is 5.73 Å². The molecule has 1 aromatic rings. The van der Waals surface area contributed by atoms with Crippen LogP contribution in [0.2, 0.25) is 0 Å². The Labute approximate surface area is 71.5 Å². The molecule has 1 aromatic heterocycles. The second-order valence-electron chi connectivity index (χ2n) is 3.71. The van der Waals surface area contributed by atoms with Gasteiger partial charge in [0.25, 0.3) is 0 Å².